The summed E-state index contributed by atoms with van der Waals surface area (Å²) in [6, 6.07) is 0. The average Bonchev–Trinajstić information content (AvgIpc) is 2.44. The van der Waals surface area contributed by atoms with Crippen molar-refractivity contribution < 1.29 is 52.0 Å². The number of hydrogen-bond acceptors (Lipinski definition) is 4. The van der Waals surface area contributed by atoms with Crippen molar-refractivity contribution in [1.29, 1.82) is 0 Å². The minimum Gasteiger partial charge on any atom is -0.759 e. The van der Waals surface area contributed by atoms with Crippen molar-refractivity contribution >= 4 is 10.4 Å². The molecule has 0 radical (unpaired) electrons. The molecular weight excluding hydrogens is 337 g/mol. The number of unbranched alkanes of at least 4 members (excludes halogenated alkanes) is 8. The Morgan fingerprint density at radius 1 is 0.833 bits per heavy atom. The zero-order chi connectivity index (χ0) is 18.0. The molecule has 0 saturated heterocycles. The van der Waals surface area contributed by atoms with Gasteiger partial charge in [0.05, 0.1) is 19.6 Å². The second-order valence-corrected chi connectivity index (χ2v) is 6.54. The molecule has 0 spiro atoms. The molecule has 0 saturated carbocycles. The van der Waals surface area contributed by atoms with Gasteiger partial charge in [-0.15, -0.1) is 0 Å². The van der Waals surface area contributed by atoms with E-state index < -0.39 is 10.4 Å². The maximum absolute atomic E-state index is 8.52. The quantitative estimate of drug-likeness (QED) is 0.146. The van der Waals surface area contributed by atoms with Crippen LogP contribution in [0.5, 0.6) is 0 Å². The van der Waals surface area contributed by atoms with Gasteiger partial charge >= 0.3 is 29.6 Å². The van der Waals surface area contributed by atoms with Gasteiger partial charge in [-0.25, -0.2) is 0 Å². The average molecular weight is 372 g/mol. The van der Waals surface area contributed by atoms with Gasteiger partial charge in [-0.2, -0.15) is 0 Å². The van der Waals surface area contributed by atoms with Crippen LogP contribution in [0.2, 0.25) is 0 Å². The van der Waals surface area contributed by atoms with E-state index >= 15 is 0 Å². The molecule has 0 aliphatic heterocycles. The van der Waals surface area contributed by atoms with Crippen LogP contribution in [-0.4, -0.2) is 37.2 Å². The Labute approximate surface area is 171 Å². The van der Waals surface area contributed by atoms with Crippen LogP contribution in [0.25, 0.3) is 0 Å². The number of hydrogen-bond donors (Lipinski definition) is 1. The SMILES string of the molecule is C=CC[NH+](CC=C)CCCCCCCCCCC.O=S(=O)([O-])[O-].[Na+]. The van der Waals surface area contributed by atoms with E-state index in [2.05, 4.69) is 20.1 Å². The molecule has 5 nitrogen and oxygen atoms in total. The van der Waals surface area contributed by atoms with E-state index in [1.165, 1.54) is 64.3 Å². The Bertz CT molecular complexity index is 357. The summed E-state index contributed by atoms with van der Waals surface area (Å²) in [4.78, 5) is 1.60. The summed E-state index contributed by atoms with van der Waals surface area (Å²) >= 11 is 0. The van der Waals surface area contributed by atoms with Crippen LogP contribution in [0.4, 0.5) is 0 Å². The molecule has 24 heavy (non-hydrogen) atoms. The van der Waals surface area contributed by atoms with E-state index in [9.17, 15) is 0 Å². The predicted molar refractivity (Wildman–Crippen MR) is 93.7 cm³/mol. The Morgan fingerprint density at radius 3 is 1.50 bits per heavy atom. The van der Waals surface area contributed by atoms with Crippen molar-refractivity contribution in [1.82, 2.24) is 0 Å². The zero-order valence-electron chi connectivity index (χ0n) is 15.6. The minimum absolute atomic E-state index is 0. The van der Waals surface area contributed by atoms with Crippen LogP contribution in [0.15, 0.2) is 25.3 Å². The maximum atomic E-state index is 8.52. The molecule has 0 heterocycles. The van der Waals surface area contributed by atoms with Gasteiger partial charge in [-0.05, 0) is 25.0 Å². The zero-order valence-corrected chi connectivity index (χ0v) is 18.4. The third-order valence-corrected chi connectivity index (χ3v) is 3.50. The van der Waals surface area contributed by atoms with E-state index in [0.29, 0.717) is 0 Å². The third-order valence-electron chi connectivity index (χ3n) is 3.50. The van der Waals surface area contributed by atoms with Gasteiger partial charge in [0.2, 0.25) is 0 Å². The van der Waals surface area contributed by atoms with Gasteiger partial charge in [0.15, 0.2) is 0 Å². The molecule has 0 bridgehead atoms. The fourth-order valence-electron chi connectivity index (χ4n) is 2.38. The monoisotopic (exact) mass is 371 g/mol. The maximum Gasteiger partial charge on any atom is 1.00 e. The Kier molecular flexibility index (Phi) is 25.9. The number of quaternary nitrogens is 1. The fourth-order valence-corrected chi connectivity index (χ4v) is 2.38. The summed E-state index contributed by atoms with van der Waals surface area (Å²) in [6.45, 7) is 13.3. The Balaban J connectivity index is -0.000000639. The fraction of sp³-hybridized carbons (Fsp3) is 0.765. The van der Waals surface area contributed by atoms with Crippen LogP contribution < -0.4 is 34.5 Å². The standard InChI is InChI=1S/C17H33N.Na.H2O4S/c1-4-7-8-9-10-11-12-13-14-17-18(15-5-2)16-6-3;;1-5(2,3)4/h5-6H,2-4,7-17H2,1H3;;(H2,1,2,3,4)/q;+1;/p-1. The molecule has 0 aromatic heterocycles. The first kappa shape index (κ1) is 29.1. The molecule has 0 fully saturated rings. The first-order valence-corrected chi connectivity index (χ1v) is 9.90. The van der Waals surface area contributed by atoms with Gasteiger partial charge in [0.1, 0.15) is 0 Å². The van der Waals surface area contributed by atoms with Crippen molar-refractivity contribution in [3.05, 3.63) is 25.3 Å². The van der Waals surface area contributed by atoms with Crippen LogP contribution in [-0.2, 0) is 10.4 Å². The van der Waals surface area contributed by atoms with Gasteiger partial charge in [-0.1, -0.05) is 65.0 Å². The second kappa shape index (κ2) is 21.4. The predicted octanol–water partition coefficient (Wildman–Crippen LogP) is -0.560. The molecule has 0 aromatic carbocycles. The number of nitrogens with one attached hydrogen (secondary N) is 1. The van der Waals surface area contributed by atoms with E-state index in [4.69, 9.17) is 17.5 Å². The minimum atomic E-state index is -5.17. The normalized spacial score (nSPS) is 10.5. The first-order chi connectivity index (χ1) is 10.8. The van der Waals surface area contributed by atoms with E-state index in [1.54, 1.807) is 4.90 Å². The van der Waals surface area contributed by atoms with Gasteiger partial charge < -0.3 is 14.0 Å². The molecule has 0 aliphatic rings. The first-order valence-electron chi connectivity index (χ1n) is 8.57. The largest absolute Gasteiger partial charge is 1.00 e. The summed E-state index contributed by atoms with van der Waals surface area (Å²) in [5.41, 5.74) is 0. The van der Waals surface area contributed by atoms with Crippen molar-refractivity contribution in [3.63, 3.8) is 0 Å². The topological polar surface area (TPSA) is 84.7 Å². The Morgan fingerprint density at radius 2 is 1.17 bits per heavy atom. The molecule has 0 amide bonds. The van der Waals surface area contributed by atoms with Gasteiger partial charge in [-0.3, -0.25) is 8.42 Å². The van der Waals surface area contributed by atoms with Crippen LogP contribution in [0.1, 0.15) is 64.7 Å². The molecule has 138 valence electrons. The van der Waals surface area contributed by atoms with Crippen LogP contribution in [0.3, 0.4) is 0 Å². The van der Waals surface area contributed by atoms with Crippen molar-refractivity contribution in [2.24, 2.45) is 0 Å². The third kappa shape index (κ3) is 33.8. The van der Waals surface area contributed by atoms with E-state index in [1.807, 2.05) is 12.2 Å². The summed E-state index contributed by atoms with van der Waals surface area (Å²) in [5.74, 6) is 0. The molecular formula is C17H34NNaO4S. The second-order valence-electron chi connectivity index (χ2n) is 5.72. The van der Waals surface area contributed by atoms with Crippen molar-refractivity contribution in [2.45, 2.75) is 64.7 Å². The van der Waals surface area contributed by atoms with Gasteiger partial charge in [0, 0.05) is 10.4 Å². The summed E-state index contributed by atoms with van der Waals surface area (Å²) < 4.78 is 34.1. The van der Waals surface area contributed by atoms with E-state index in [-0.39, 0.29) is 29.6 Å². The molecule has 0 atom stereocenters. The number of rotatable bonds is 14. The molecule has 0 rings (SSSR count). The van der Waals surface area contributed by atoms with Crippen molar-refractivity contribution in [2.75, 3.05) is 19.6 Å². The summed E-state index contributed by atoms with van der Waals surface area (Å²) in [5, 5.41) is 0. The molecule has 1 N–H and O–H groups in total. The van der Waals surface area contributed by atoms with Gasteiger partial charge in [0.25, 0.3) is 0 Å². The van der Waals surface area contributed by atoms with Crippen molar-refractivity contribution in [3.8, 4) is 0 Å². The molecule has 0 aromatic rings. The molecule has 0 aliphatic carbocycles. The van der Waals surface area contributed by atoms with E-state index in [0.717, 1.165) is 13.1 Å². The smallest absolute Gasteiger partial charge is 0.759 e. The summed E-state index contributed by atoms with van der Waals surface area (Å²) in [6.07, 6.45) is 16.7. The molecule has 7 heteroatoms. The van der Waals surface area contributed by atoms with Crippen LogP contribution >= 0.6 is 0 Å². The molecule has 0 unspecified atom stereocenters. The summed E-state index contributed by atoms with van der Waals surface area (Å²) in [7, 11) is -5.17. The Hall–Kier alpha value is 0.310. The van der Waals surface area contributed by atoms with Crippen LogP contribution in [0, 0.1) is 0 Å².